The fourth-order valence-electron chi connectivity index (χ4n) is 6.66. The summed E-state index contributed by atoms with van der Waals surface area (Å²) in [6.07, 6.45) is 8.70. The number of fused-ring (bicyclic) bond motifs is 2. The fraction of sp³-hybridized carbons (Fsp3) is 0.467. The van der Waals surface area contributed by atoms with Gasteiger partial charge in [-0.15, -0.1) is 0 Å². The Morgan fingerprint density at radius 1 is 1.00 bits per heavy atom. The minimum atomic E-state index is -0.813. The summed E-state index contributed by atoms with van der Waals surface area (Å²) in [4.78, 5) is 39.4. The van der Waals surface area contributed by atoms with Gasteiger partial charge in [0.25, 0.3) is 0 Å². The molecular weight excluding hydrogens is 494 g/mol. The highest BCUT2D eigenvalue weighted by molar-refractivity contribution is 5.57. The van der Waals surface area contributed by atoms with Crippen LogP contribution in [-0.4, -0.2) is 28.6 Å². The standard InChI is InChI=1S/C30H37N5O4/c1-20(31)15-30(28-34-29(38)39-35(28)25-5-3-2-4-6-25)26-11-7-21(16-32-18-36)13-23(26)9-10-24-14-22(17-33-19-37)8-12-27(24)30/h7-8,11-14,18-20,25H,2-6,9-10,15-17,31H2,1H3,(H,32,36)(H,33,37)/t20-/m0/s1. The number of aryl methyl sites for hydroxylation is 2. The summed E-state index contributed by atoms with van der Waals surface area (Å²) in [6.45, 7) is 2.85. The predicted molar refractivity (Wildman–Crippen MR) is 147 cm³/mol. The molecule has 0 radical (unpaired) electrons. The maximum Gasteiger partial charge on any atom is 0.459 e. The molecule has 1 atom stereocenters. The number of hydrogen-bond acceptors (Lipinski definition) is 6. The molecule has 4 N–H and O–H groups in total. The van der Waals surface area contributed by atoms with E-state index in [9.17, 15) is 14.4 Å². The molecule has 1 heterocycles. The van der Waals surface area contributed by atoms with E-state index in [1.165, 1.54) is 6.42 Å². The third-order valence-electron chi connectivity index (χ3n) is 8.20. The number of carbonyl (C=O) groups is 2. The number of benzene rings is 2. The largest absolute Gasteiger partial charge is 0.459 e. The number of rotatable bonds is 10. The lowest BCUT2D eigenvalue weighted by Crippen LogP contribution is -2.40. The lowest BCUT2D eigenvalue weighted by atomic mass is 9.67. The normalized spacial score (nSPS) is 17.4. The molecule has 5 rings (SSSR count). The van der Waals surface area contributed by atoms with E-state index >= 15 is 0 Å². The van der Waals surface area contributed by atoms with Crippen LogP contribution in [0, 0.1) is 0 Å². The van der Waals surface area contributed by atoms with Gasteiger partial charge in [0.05, 0.1) is 11.5 Å². The van der Waals surface area contributed by atoms with Crippen LogP contribution in [0.4, 0.5) is 0 Å². The summed E-state index contributed by atoms with van der Waals surface area (Å²) in [5.41, 5.74) is 12.2. The first kappa shape index (κ1) is 26.9. The van der Waals surface area contributed by atoms with Gasteiger partial charge in [0.2, 0.25) is 12.8 Å². The Labute approximate surface area is 228 Å². The molecule has 2 aliphatic carbocycles. The van der Waals surface area contributed by atoms with E-state index in [4.69, 9.17) is 10.3 Å². The number of nitrogens with zero attached hydrogens (tertiary/aromatic N) is 2. The van der Waals surface area contributed by atoms with Gasteiger partial charge in [-0.05, 0) is 72.4 Å². The molecule has 2 aliphatic rings. The Morgan fingerprint density at radius 2 is 1.56 bits per heavy atom. The second-order valence-corrected chi connectivity index (χ2v) is 11.0. The van der Waals surface area contributed by atoms with E-state index in [0.717, 1.165) is 71.9 Å². The summed E-state index contributed by atoms with van der Waals surface area (Å²) >= 11 is 0. The van der Waals surface area contributed by atoms with Crippen molar-refractivity contribution in [2.24, 2.45) is 5.73 Å². The molecule has 0 saturated heterocycles. The van der Waals surface area contributed by atoms with Crippen molar-refractivity contribution in [1.82, 2.24) is 20.4 Å². The van der Waals surface area contributed by atoms with E-state index in [1.54, 1.807) is 4.74 Å². The number of nitrogens with two attached hydrogens (primary N) is 1. The molecular formula is C30H37N5O4. The van der Waals surface area contributed by atoms with Crippen molar-refractivity contribution >= 4 is 12.8 Å². The minimum Gasteiger partial charge on any atom is -0.355 e. The summed E-state index contributed by atoms with van der Waals surface area (Å²) in [5.74, 6) is 0.0178. The zero-order valence-electron chi connectivity index (χ0n) is 22.4. The maximum atomic E-state index is 12.9. The van der Waals surface area contributed by atoms with E-state index in [2.05, 4.69) is 39.9 Å². The lowest BCUT2D eigenvalue weighted by molar-refractivity contribution is -0.110. The van der Waals surface area contributed by atoms with E-state index < -0.39 is 11.2 Å². The van der Waals surface area contributed by atoms with Crippen LogP contribution in [0.3, 0.4) is 0 Å². The van der Waals surface area contributed by atoms with Gasteiger partial charge in [0.15, 0.2) is 5.82 Å². The summed E-state index contributed by atoms with van der Waals surface area (Å²) in [6, 6.07) is 12.4. The van der Waals surface area contributed by atoms with Crippen molar-refractivity contribution in [1.29, 1.82) is 0 Å². The zero-order valence-corrected chi connectivity index (χ0v) is 22.4. The Hall–Kier alpha value is -3.72. The quantitative estimate of drug-likeness (QED) is 0.345. The monoisotopic (exact) mass is 531 g/mol. The zero-order chi connectivity index (χ0) is 27.4. The SMILES string of the molecule is C[C@H](N)CC1(c2nc(=O)on2C2CCCCC2)c2ccc(CNC=O)cc2CCc2cc(CNC=O)ccc21. The fourth-order valence-corrected chi connectivity index (χ4v) is 6.66. The van der Waals surface area contributed by atoms with Crippen LogP contribution in [-0.2, 0) is 40.9 Å². The van der Waals surface area contributed by atoms with Gasteiger partial charge < -0.3 is 20.9 Å². The van der Waals surface area contributed by atoms with Gasteiger partial charge in [-0.1, -0.05) is 55.7 Å². The molecule has 1 aromatic heterocycles. The number of hydrogen-bond donors (Lipinski definition) is 3. The Kier molecular flexibility index (Phi) is 7.97. The third kappa shape index (κ3) is 5.28. The summed E-state index contributed by atoms with van der Waals surface area (Å²) < 4.78 is 7.65. The van der Waals surface area contributed by atoms with Crippen LogP contribution < -0.4 is 22.1 Å². The highest BCUT2D eigenvalue weighted by Crippen LogP contribution is 2.48. The molecule has 0 spiro atoms. The highest BCUT2D eigenvalue weighted by Gasteiger charge is 2.47. The number of carbonyl (C=O) groups excluding carboxylic acids is 2. The summed E-state index contributed by atoms with van der Waals surface area (Å²) in [7, 11) is 0. The molecule has 1 fully saturated rings. The molecule has 1 saturated carbocycles. The van der Waals surface area contributed by atoms with Crippen molar-refractivity contribution in [2.45, 2.75) is 88.9 Å². The molecule has 2 amide bonds. The van der Waals surface area contributed by atoms with Crippen molar-refractivity contribution in [3.05, 3.63) is 86.2 Å². The van der Waals surface area contributed by atoms with Crippen LogP contribution in [0.15, 0.2) is 45.7 Å². The van der Waals surface area contributed by atoms with E-state index in [0.29, 0.717) is 38.2 Å². The smallest absolute Gasteiger partial charge is 0.355 e. The topological polar surface area (TPSA) is 132 Å². The Bertz CT molecular complexity index is 1320. The molecule has 206 valence electrons. The van der Waals surface area contributed by atoms with Crippen LogP contribution in [0.5, 0.6) is 0 Å². The second kappa shape index (κ2) is 11.6. The molecule has 9 nitrogen and oxygen atoms in total. The average molecular weight is 532 g/mol. The molecule has 0 bridgehead atoms. The third-order valence-corrected chi connectivity index (χ3v) is 8.20. The van der Waals surface area contributed by atoms with Gasteiger partial charge in [0.1, 0.15) is 0 Å². The second-order valence-electron chi connectivity index (χ2n) is 11.0. The van der Waals surface area contributed by atoms with Crippen LogP contribution in [0.25, 0.3) is 0 Å². The van der Waals surface area contributed by atoms with Gasteiger partial charge in [0, 0.05) is 19.1 Å². The highest BCUT2D eigenvalue weighted by atomic mass is 16.5. The first-order chi connectivity index (χ1) is 19.0. The number of amides is 2. The molecule has 9 heteroatoms. The summed E-state index contributed by atoms with van der Waals surface area (Å²) in [5, 5.41) is 5.52. The van der Waals surface area contributed by atoms with Crippen LogP contribution in [0.1, 0.15) is 90.7 Å². The van der Waals surface area contributed by atoms with Crippen molar-refractivity contribution in [3.8, 4) is 0 Å². The first-order valence-electron chi connectivity index (χ1n) is 13.9. The van der Waals surface area contributed by atoms with Crippen molar-refractivity contribution in [2.75, 3.05) is 0 Å². The Morgan fingerprint density at radius 3 is 2.08 bits per heavy atom. The van der Waals surface area contributed by atoms with Crippen molar-refractivity contribution < 1.29 is 14.1 Å². The molecule has 0 aliphatic heterocycles. The molecule has 2 aromatic carbocycles. The molecule has 39 heavy (non-hydrogen) atoms. The van der Waals surface area contributed by atoms with Gasteiger partial charge >= 0.3 is 5.76 Å². The Balaban J connectivity index is 1.78. The minimum absolute atomic E-state index is 0.0659. The van der Waals surface area contributed by atoms with Crippen LogP contribution >= 0.6 is 0 Å². The lowest BCUT2D eigenvalue weighted by Gasteiger charge is -2.38. The van der Waals surface area contributed by atoms with Gasteiger partial charge in [-0.3, -0.25) is 9.59 Å². The number of nitrogens with one attached hydrogen (secondary N) is 2. The molecule has 0 unspecified atom stereocenters. The average Bonchev–Trinajstić information content (AvgIpc) is 3.29. The van der Waals surface area contributed by atoms with E-state index in [-0.39, 0.29) is 12.1 Å². The maximum absolute atomic E-state index is 12.9. The van der Waals surface area contributed by atoms with Crippen molar-refractivity contribution in [3.63, 3.8) is 0 Å². The molecule has 3 aromatic rings. The predicted octanol–water partition coefficient (Wildman–Crippen LogP) is 3.00. The first-order valence-corrected chi connectivity index (χ1v) is 13.9. The van der Waals surface area contributed by atoms with Gasteiger partial charge in [-0.2, -0.15) is 9.72 Å². The van der Waals surface area contributed by atoms with E-state index in [1.807, 2.05) is 19.1 Å². The number of aromatic nitrogens is 2. The van der Waals surface area contributed by atoms with Crippen LogP contribution in [0.2, 0.25) is 0 Å². The van der Waals surface area contributed by atoms with Gasteiger partial charge in [-0.25, -0.2) is 4.79 Å².